The second kappa shape index (κ2) is 5.55. The summed E-state index contributed by atoms with van der Waals surface area (Å²) in [5.41, 5.74) is 0.122. The lowest BCUT2D eigenvalue weighted by molar-refractivity contribution is 0.0755. The van der Waals surface area contributed by atoms with Crippen LogP contribution in [0.4, 0.5) is 0 Å². The zero-order chi connectivity index (χ0) is 14.9. The second-order valence-corrected chi connectivity index (χ2v) is 6.48. The average Bonchev–Trinajstić information content (AvgIpc) is 3.23. The van der Waals surface area contributed by atoms with Gasteiger partial charge >= 0.3 is 0 Å². The number of nitriles is 1. The number of carbonyl (C=O) groups is 1. The summed E-state index contributed by atoms with van der Waals surface area (Å²) in [4.78, 5) is 13.9. The molecule has 4 nitrogen and oxygen atoms in total. The van der Waals surface area contributed by atoms with Gasteiger partial charge in [0, 0.05) is 11.8 Å². The van der Waals surface area contributed by atoms with Crippen LogP contribution in [0.15, 0.2) is 18.2 Å². The molecule has 0 heterocycles. The van der Waals surface area contributed by atoms with Crippen molar-refractivity contribution in [2.24, 2.45) is 0 Å². The minimum atomic E-state index is -0.511. The smallest absolute Gasteiger partial charge is 0.258 e. The molecule has 1 N–H and O–H groups in total. The Labute approximate surface area is 127 Å². The SMILES string of the molecule is CSC1(C(C#N)N(C)C(=O)c2cccc(Cl)c2O)CC1. The first-order chi connectivity index (χ1) is 9.46. The highest BCUT2D eigenvalue weighted by Gasteiger charge is 2.52. The number of thioether (sulfide) groups is 1. The van der Waals surface area contributed by atoms with Crippen LogP contribution in [-0.2, 0) is 0 Å². The lowest BCUT2D eigenvalue weighted by Gasteiger charge is -2.29. The number of phenolic OH excluding ortho intramolecular Hbond substituents is 1. The predicted molar refractivity (Wildman–Crippen MR) is 80.1 cm³/mol. The van der Waals surface area contributed by atoms with Crippen LogP contribution < -0.4 is 0 Å². The highest BCUT2D eigenvalue weighted by Crippen LogP contribution is 2.51. The topological polar surface area (TPSA) is 64.3 Å². The number of amides is 1. The Morgan fingerprint density at radius 1 is 1.60 bits per heavy atom. The van der Waals surface area contributed by atoms with Crippen molar-refractivity contribution >= 4 is 29.3 Å². The Hall–Kier alpha value is -1.38. The lowest BCUT2D eigenvalue weighted by atomic mass is 10.1. The van der Waals surface area contributed by atoms with Gasteiger partial charge in [0.25, 0.3) is 5.91 Å². The summed E-state index contributed by atoms with van der Waals surface area (Å²) in [6.45, 7) is 0. The van der Waals surface area contributed by atoms with E-state index in [4.69, 9.17) is 11.6 Å². The number of hydrogen-bond donors (Lipinski definition) is 1. The first-order valence-electron chi connectivity index (χ1n) is 6.16. The maximum Gasteiger partial charge on any atom is 0.258 e. The Kier molecular flexibility index (Phi) is 4.17. The molecule has 1 aromatic carbocycles. The van der Waals surface area contributed by atoms with Crippen LogP contribution in [0.25, 0.3) is 0 Å². The number of halogens is 1. The highest BCUT2D eigenvalue weighted by atomic mass is 35.5. The minimum absolute atomic E-state index is 0.122. The van der Waals surface area contributed by atoms with Crippen molar-refractivity contribution in [1.82, 2.24) is 4.90 Å². The van der Waals surface area contributed by atoms with E-state index in [1.165, 1.54) is 17.0 Å². The molecular formula is C14H15ClN2O2S. The summed E-state index contributed by atoms with van der Waals surface area (Å²) in [6, 6.07) is 6.32. The summed E-state index contributed by atoms with van der Waals surface area (Å²) >= 11 is 7.43. The molecule has 1 aliphatic rings. The molecule has 1 amide bonds. The zero-order valence-corrected chi connectivity index (χ0v) is 12.8. The number of phenols is 1. The summed E-state index contributed by atoms with van der Waals surface area (Å²) < 4.78 is -0.173. The molecule has 1 aliphatic carbocycles. The van der Waals surface area contributed by atoms with Gasteiger partial charge in [-0.2, -0.15) is 17.0 Å². The van der Waals surface area contributed by atoms with Crippen LogP contribution in [0, 0.1) is 11.3 Å². The number of carbonyl (C=O) groups excluding carboxylic acids is 1. The van der Waals surface area contributed by atoms with E-state index in [1.54, 1.807) is 24.9 Å². The van der Waals surface area contributed by atoms with Crippen LogP contribution in [0.3, 0.4) is 0 Å². The summed E-state index contributed by atoms with van der Waals surface area (Å²) in [5, 5.41) is 19.4. The molecule has 2 rings (SSSR count). The molecule has 0 saturated heterocycles. The van der Waals surface area contributed by atoms with Crippen molar-refractivity contribution in [3.63, 3.8) is 0 Å². The predicted octanol–water partition coefficient (Wildman–Crippen LogP) is 2.91. The molecule has 0 aromatic heterocycles. The van der Waals surface area contributed by atoms with E-state index >= 15 is 0 Å². The van der Waals surface area contributed by atoms with Crippen molar-refractivity contribution in [2.45, 2.75) is 23.6 Å². The quantitative estimate of drug-likeness (QED) is 0.928. The summed E-state index contributed by atoms with van der Waals surface area (Å²) in [6.07, 6.45) is 3.80. The number of nitrogens with zero attached hydrogens (tertiary/aromatic N) is 2. The molecule has 6 heteroatoms. The van der Waals surface area contributed by atoms with Gasteiger partial charge in [-0.3, -0.25) is 4.79 Å². The van der Waals surface area contributed by atoms with E-state index in [0.717, 1.165) is 12.8 Å². The van der Waals surface area contributed by atoms with Crippen LogP contribution in [0.1, 0.15) is 23.2 Å². The third-order valence-electron chi connectivity index (χ3n) is 3.69. The van der Waals surface area contributed by atoms with Gasteiger partial charge in [-0.25, -0.2) is 0 Å². The van der Waals surface area contributed by atoms with E-state index in [1.807, 2.05) is 6.26 Å². The fourth-order valence-electron chi connectivity index (χ4n) is 2.26. The molecular weight excluding hydrogens is 296 g/mol. The first kappa shape index (κ1) is 15.0. The standard InChI is InChI=1S/C14H15ClN2O2S/c1-17(11(8-16)14(20-2)6-7-14)13(19)9-4-3-5-10(15)12(9)18/h3-5,11,18H,6-7H2,1-2H3. The Morgan fingerprint density at radius 3 is 2.75 bits per heavy atom. The zero-order valence-electron chi connectivity index (χ0n) is 11.3. The summed E-state index contributed by atoms with van der Waals surface area (Å²) in [5.74, 6) is -0.631. The van der Waals surface area contributed by atoms with Crippen LogP contribution in [0.5, 0.6) is 5.75 Å². The molecule has 1 saturated carbocycles. The van der Waals surface area contributed by atoms with Gasteiger partial charge in [0.2, 0.25) is 0 Å². The van der Waals surface area contributed by atoms with Crippen molar-refractivity contribution < 1.29 is 9.90 Å². The van der Waals surface area contributed by atoms with Gasteiger partial charge in [-0.05, 0) is 31.2 Å². The number of para-hydroxylation sites is 1. The van der Waals surface area contributed by atoms with Crippen molar-refractivity contribution in [1.29, 1.82) is 5.26 Å². The van der Waals surface area contributed by atoms with Crippen LogP contribution in [-0.4, -0.2) is 40.0 Å². The maximum absolute atomic E-state index is 12.5. The fraction of sp³-hybridized carbons (Fsp3) is 0.429. The molecule has 0 aliphatic heterocycles. The molecule has 20 heavy (non-hydrogen) atoms. The van der Waals surface area contributed by atoms with Gasteiger partial charge in [0.05, 0.1) is 16.7 Å². The van der Waals surface area contributed by atoms with Crippen molar-refractivity contribution in [3.8, 4) is 11.8 Å². The molecule has 106 valence electrons. The van der Waals surface area contributed by atoms with Gasteiger partial charge in [-0.15, -0.1) is 0 Å². The number of hydrogen-bond acceptors (Lipinski definition) is 4. The Balaban J connectivity index is 2.29. The van der Waals surface area contributed by atoms with E-state index in [2.05, 4.69) is 6.07 Å². The molecule has 1 unspecified atom stereocenters. The van der Waals surface area contributed by atoms with E-state index in [9.17, 15) is 15.2 Å². The Bertz CT molecular complexity index is 581. The third-order valence-corrected chi connectivity index (χ3v) is 5.44. The van der Waals surface area contributed by atoms with Gasteiger partial charge in [-0.1, -0.05) is 17.7 Å². The van der Waals surface area contributed by atoms with Gasteiger partial charge in [0.15, 0.2) is 0 Å². The Morgan fingerprint density at radius 2 is 2.25 bits per heavy atom. The molecule has 1 aromatic rings. The average molecular weight is 311 g/mol. The molecule has 1 fully saturated rings. The monoisotopic (exact) mass is 310 g/mol. The van der Waals surface area contributed by atoms with Gasteiger partial charge in [0.1, 0.15) is 11.8 Å². The molecule has 0 bridgehead atoms. The van der Waals surface area contributed by atoms with E-state index < -0.39 is 11.9 Å². The highest BCUT2D eigenvalue weighted by molar-refractivity contribution is 8.00. The first-order valence-corrected chi connectivity index (χ1v) is 7.76. The van der Waals surface area contributed by atoms with Crippen LogP contribution >= 0.6 is 23.4 Å². The third kappa shape index (κ3) is 2.46. The molecule has 0 radical (unpaired) electrons. The summed E-state index contributed by atoms with van der Waals surface area (Å²) in [7, 11) is 1.59. The van der Waals surface area contributed by atoms with E-state index in [-0.39, 0.29) is 21.1 Å². The van der Waals surface area contributed by atoms with Crippen molar-refractivity contribution in [2.75, 3.05) is 13.3 Å². The second-order valence-electron chi connectivity index (χ2n) is 4.85. The molecule has 0 spiro atoms. The van der Waals surface area contributed by atoms with Crippen LogP contribution in [0.2, 0.25) is 5.02 Å². The normalized spacial score (nSPS) is 17.1. The molecule has 1 atom stereocenters. The number of aromatic hydroxyl groups is 1. The number of rotatable bonds is 4. The largest absolute Gasteiger partial charge is 0.506 e. The fourth-order valence-corrected chi connectivity index (χ4v) is 3.38. The number of benzene rings is 1. The lowest BCUT2D eigenvalue weighted by Crippen LogP contribution is -2.43. The van der Waals surface area contributed by atoms with Crippen molar-refractivity contribution in [3.05, 3.63) is 28.8 Å². The van der Waals surface area contributed by atoms with E-state index in [0.29, 0.717) is 0 Å². The minimum Gasteiger partial charge on any atom is -0.506 e. The van der Waals surface area contributed by atoms with Gasteiger partial charge < -0.3 is 10.0 Å². The maximum atomic E-state index is 12.5.